The molecule has 2 aromatic carbocycles. The molecule has 3 rings (SSSR count). The number of halogens is 1. The van der Waals surface area contributed by atoms with E-state index in [1.165, 1.54) is 11.3 Å². The molecule has 1 heterocycles. The van der Waals surface area contributed by atoms with E-state index in [9.17, 15) is 4.79 Å². The summed E-state index contributed by atoms with van der Waals surface area (Å²) in [6.07, 6.45) is 0. The summed E-state index contributed by atoms with van der Waals surface area (Å²) in [7, 11) is 0. The molecule has 0 atom stereocenters. The number of carbonyl (C=O) groups is 1. The predicted octanol–water partition coefficient (Wildman–Crippen LogP) is 3.55. The minimum Gasteiger partial charge on any atom is -0.331 e. The lowest BCUT2D eigenvalue weighted by Crippen LogP contribution is -2.34. The van der Waals surface area contributed by atoms with E-state index >= 15 is 0 Å². The zero-order chi connectivity index (χ0) is 16.2. The number of hydrogen-bond acceptors (Lipinski definition) is 4. The molecule has 0 saturated carbocycles. The minimum absolute atomic E-state index is 0.100. The molecule has 1 aromatic heterocycles. The Hall–Kier alpha value is -1.95. The lowest BCUT2D eigenvalue weighted by Gasteiger charge is -2.21. The molecular formula is C17H16ClN3OS. The summed E-state index contributed by atoms with van der Waals surface area (Å²) in [6.45, 7) is 1.34. The number of nitrogens with zero attached hydrogens (tertiary/aromatic N) is 2. The summed E-state index contributed by atoms with van der Waals surface area (Å²) in [6, 6.07) is 15.2. The second kappa shape index (κ2) is 7.08. The van der Waals surface area contributed by atoms with Crippen molar-refractivity contribution in [1.29, 1.82) is 0 Å². The fraction of sp³-hybridized carbons (Fsp3) is 0.176. The van der Waals surface area contributed by atoms with Gasteiger partial charge in [0.15, 0.2) is 5.01 Å². The number of fused-ring (bicyclic) bond motifs is 1. The molecule has 0 spiro atoms. The van der Waals surface area contributed by atoms with Crippen LogP contribution in [0.25, 0.3) is 10.2 Å². The number of thiazole rings is 1. The van der Waals surface area contributed by atoms with Crippen LogP contribution in [0.2, 0.25) is 5.02 Å². The van der Waals surface area contributed by atoms with E-state index in [0.29, 0.717) is 29.7 Å². The largest absolute Gasteiger partial charge is 0.331 e. The number of carbonyl (C=O) groups excluding carboxylic acids is 1. The van der Waals surface area contributed by atoms with Crippen LogP contribution in [-0.4, -0.2) is 28.9 Å². The summed E-state index contributed by atoms with van der Waals surface area (Å²) in [5, 5.41) is 1.14. The van der Waals surface area contributed by atoms with Gasteiger partial charge in [0, 0.05) is 24.7 Å². The molecule has 0 radical (unpaired) electrons. The second-order valence-electron chi connectivity index (χ2n) is 5.13. The van der Waals surface area contributed by atoms with Crippen molar-refractivity contribution in [1.82, 2.24) is 9.88 Å². The molecule has 1 amide bonds. The first kappa shape index (κ1) is 15.9. The SMILES string of the molecule is NCCN(Cc1cccc(Cl)c1)C(=O)c1nc2ccccc2s1. The summed E-state index contributed by atoms with van der Waals surface area (Å²) >= 11 is 7.42. The van der Waals surface area contributed by atoms with Crippen molar-refractivity contribution in [3.63, 3.8) is 0 Å². The van der Waals surface area contributed by atoms with Crippen molar-refractivity contribution in [3.8, 4) is 0 Å². The summed E-state index contributed by atoms with van der Waals surface area (Å²) < 4.78 is 1.01. The van der Waals surface area contributed by atoms with Crippen molar-refractivity contribution in [2.75, 3.05) is 13.1 Å². The Morgan fingerprint density at radius 3 is 2.78 bits per heavy atom. The molecule has 4 nitrogen and oxygen atoms in total. The van der Waals surface area contributed by atoms with Gasteiger partial charge in [-0.25, -0.2) is 4.98 Å². The van der Waals surface area contributed by atoms with Gasteiger partial charge in [-0.1, -0.05) is 35.9 Å². The van der Waals surface area contributed by atoms with Crippen LogP contribution in [0.3, 0.4) is 0 Å². The Kier molecular flexibility index (Phi) is 4.91. The number of para-hydroxylation sites is 1. The van der Waals surface area contributed by atoms with Crippen LogP contribution in [0.15, 0.2) is 48.5 Å². The molecule has 0 aliphatic rings. The Morgan fingerprint density at radius 1 is 1.22 bits per heavy atom. The Labute approximate surface area is 143 Å². The smallest absolute Gasteiger partial charge is 0.283 e. The van der Waals surface area contributed by atoms with Crippen molar-refractivity contribution < 1.29 is 4.79 Å². The molecule has 2 N–H and O–H groups in total. The molecule has 0 saturated heterocycles. The van der Waals surface area contributed by atoms with Gasteiger partial charge < -0.3 is 10.6 Å². The third-order valence-corrected chi connectivity index (χ3v) is 4.69. The van der Waals surface area contributed by atoms with Gasteiger partial charge >= 0.3 is 0 Å². The molecule has 0 unspecified atom stereocenters. The number of benzene rings is 2. The number of aromatic nitrogens is 1. The van der Waals surface area contributed by atoms with E-state index in [1.54, 1.807) is 4.90 Å². The average molecular weight is 346 g/mol. The first-order valence-corrected chi connectivity index (χ1v) is 8.46. The van der Waals surface area contributed by atoms with Crippen LogP contribution >= 0.6 is 22.9 Å². The van der Waals surface area contributed by atoms with Crippen LogP contribution in [0.4, 0.5) is 0 Å². The maximum absolute atomic E-state index is 12.8. The van der Waals surface area contributed by atoms with E-state index in [0.717, 1.165) is 15.8 Å². The topological polar surface area (TPSA) is 59.2 Å². The second-order valence-corrected chi connectivity index (χ2v) is 6.60. The maximum atomic E-state index is 12.8. The van der Waals surface area contributed by atoms with Gasteiger partial charge in [-0.05, 0) is 29.8 Å². The molecule has 0 bridgehead atoms. The van der Waals surface area contributed by atoms with Crippen molar-refractivity contribution in [2.24, 2.45) is 5.73 Å². The van der Waals surface area contributed by atoms with Crippen molar-refractivity contribution in [3.05, 3.63) is 64.1 Å². The predicted molar refractivity (Wildman–Crippen MR) is 94.9 cm³/mol. The van der Waals surface area contributed by atoms with Gasteiger partial charge in [0.1, 0.15) is 0 Å². The minimum atomic E-state index is -0.100. The molecule has 0 fully saturated rings. The van der Waals surface area contributed by atoms with Gasteiger partial charge in [-0.2, -0.15) is 0 Å². The van der Waals surface area contributed by atoms with Gasteiger partial charge in [0.2, 0.25) is 0 Å². The number of hydrogen-bond donors (Lipinski definition) is 1. The highest BCUT2D eigenvalue weighted by molar-refractivity contribution is 7.20. The molecule has 3 aromatic rings. The van der Waals surface area contributed by atoms with Crippen LogP contribution in [0.5, 0.6) is 0 Å². The van der Waals surface area contributed by atoms with Crippen molar-refractivity contribution >= 4 is 39.1 Å². The molecule has 118 valence electrons. The van der Waals surface area contributed by atoms with Crippen LogP contribution in [0, 0.1) is 0 Å². The normalized spacial score (nSPS) is 10.9. The first-order valence-electron chi connectivity index (χ1n) is 7.27. The van der Waals surface area contributed by atoms with Crippen LogP contribution in [-0.2, 0) is 6.54 Å². The molecule has 0 aliphatic carbocycles. The highest BCUT2D eigenvalue weighted by Crippen LogP contribution is 2.23. The summed E-state index contributed by atoms with van der Waals surface area (Å²) in [4.78, 5) is 18.9. The molecular weight excluding hydrogens is 330 g/mol. The van der Waals surface area contributed by atoms with E-state index in [-0.39, 0.29) is 5.91 Å². The zero-order valence-electron chi connectivity index (χ0n) is 12.4. The monoisotopic (exact) mass is 345 g/mol. The highest BCUT2D eigenvalue weighted by Gasteiger charge is 2.19. The van der Waals surface area contributed by atoms with E-state index in [2.05, 4.69) is 4.98 Å². The van der Waals surface area contributed by atoms with E-state index in [1.807, 2.05) is 48.5 Å². The fourth-order valence-corrected chi connectivity index (χ4v) is 3.51. The fourth-order valence-electron chi connectivity index (χ4n) is 2.36. The quantitative estimate of drug-likeness (QED) is 0.769. The summed E-state index contributed by atoms with van der Waals surface area (Å²) in [5.41, 5.74) is 7.48. The average Bonchev–Trinajstić information content (AvgIpc) is 2.98. The lowest BCUT2D eigenvalue weighted by atomic mass is 10.2. The first-order chi connectivity index (χ1) is 11.2. The molecule has 23 heavy (non-hydrogen) atoms. The molecule has 0 aliphatic heterocycles. The van der Waals surface area contributed by atoms with Gasteiger partial charge in [0.05, 0.1) is 10.2 Å². The highest BCUT2D eigenvalue weighted by atomic mass is 35.5. The van der Waals surface area contributed by atoms with E-state index < -0.39 is 0 Å². The number of rotatable bonds is 5. The van der Waals surface area contributed by atoms with Gasteiger partial charge in [-0.3, -0.25) is 4.79 Å². The zero-order valence-corrected chi connectivity index (χ0v) is 14.0. The third kappa shape index (κ3) is 3.69. The van der Waals surface area contributed by atoms with Crippen LogP contribution in [0.1, 0.15) is 15.4 Å². The standard InChI is InChI=1S/C17H16ClN3OS/c18-13-5-3-4-12(10-13)11-21(9-8-19)17(22)16-20-14-6-1-2-7-15(14)23-16/h1-7,10H,8-9,11,19H2. The van der Waals surface area contributed by atoms with E-state index in [4.69, 9.17) is 17.3 Å². The van der Waals surface area contributed by atoms with Crippen LogP contribution < -0.4 is 5.73 Å². The Morgan fingerprint density at radius 2 is 2.04 bits per heavy atom. The molecule has 6 heteroatoms. The number of amides is 1. The number of nitrogens with two attached hydrogens (primary N) is 1. The maximum Gasteiger partial charge on any atom is 0.283 e. The van der Waals surface area contributed by atoms with Gasteiger partial charge in [0.25, 0.3) is 5.91 Å². The lowest BCUT2D eigenvalue weighted by molar-refractivity contribution is 0.0748. The van der Waals surface area contributed by atoms with Crippen molar-refractivity contribution in [2.45, 2.75) is 6.54 Å². The summed E-state index contributed by atoms with van der Waals surface area (Å²) in [5.74, 6) is -0.100. The third-order valence-electron chi connectivity index (χ3n) is 3.43. The van der Waals surface area contributed by atoms with Gasteiger partial charge in [-0.15, -0.1) is 11.3 Å². The Balaban J connectivity index is 1.86. The Bertz CT molecular complexity index is 800.